The first kappa shape index (κ1) is 24.4. The number of piperidine rings is 1. The first-order chi connectivity index (χ1) is 16.3. The molecule has 2 heterocycles. The second-order valence-electron chi connectivity index (χ2n) is 7.87. The standard InChI is InChI=1S/C22H24N4O2.C2H2O4/c27-21(14-23-22(28)18-6-2-1-3-7-18)25-12-10-17(11-13-25)15-26-16-24-19-8-4-5-9-20(19)26;3-1(4)2(5)6/h1-9,16-17H,10-15H2,(H,23,28);(H,3,4)(H,5,6). The minimum Gasteiger partial charge on any atom is -0.473 e. The molecule has 1 saturated heterocycles. The van der Waals surface area contributed by atoms with Crippen molar-refractivity contribution in [3.63, 3.8) is 0 Å². The molecule has 3 N–H and O–H groups in total. The van der Waals surface area contributed by atoms with Crippen LogP contribution < -0.4 is 5.32 Å². The number of nitrogens with zero attached hydrogens (tertiary/aromatic N) is 3. The highest BCUT2D eigenvalue weighted by Gasteiger charge is 2.23. The van der Waals surface area contributed by atoms with Gasteiger partial charge in [-0.15, -0.1) is 0 Å². The molecular weight excluding hydrogens is 440 g/mol. The van der Waals surface area contributed by atoms with Crippen molar-refractivity contribution in [2.45, 2.75) is 19.4 Å². The summed E-state index contributed by atoms with van der Waals surface area (Å²) in [6, 6.07) is 17.1. The van der Waals surface area contributed by atoms with Crippen LogP contribution in [0.4, 0.5) is 0 Å². The fraction of sp³-hybridized carbons (Fsp3) is 0.292. The van der Waals surface area contributed by atoms with Crippen LogP contribution in [0.25, 0.3) is 11.0 Å². The normalized spacial score (nSPS) is 13.6. The molecule has 4 rings (SSSR count). The quantitative estimate of drug-likeness (QED) is 0.487. The van der Waals surface area contributed by atoms with Crippen LogP contribution in [0.3, 0.4) is 0 Å². The SMILES string of the molecule is O=C(NCC(=O)N1CCC(Cn2cnc3ccccc32)CC1)c1ccccc1.O=C(O)C(=O)O. The molecule has 1 aliphatic heterocycles. The predicted octanol–water partition coefficient (Wildman–Crippen LogP) is 1.86. The van der Waals surface area contributed by atoms with Gasteiger partial charge in [-0.3, -0.25) is 9.59 Å². The molecule has 0 saturated carbocycles. The third-order valence-corrected chi connectivity index (χ3v) is 5.57. The lowest BCUT2D eigenvalue weighted by Gasteiger charge is -2.32. The zero-order valence-electron chi connectivity index (χ0n) is 18.5. The van der Waals surface area contributed by atoms with E-state index in [-0.39, 0.29) is 18.4 Å². The van der Waals surface area contributed by atoms with Crippen LogP contribution in [0.15, 0.2) is 60.9 Å². The molecule has 2 amide bonds. The lowest BCUT2D eigenvalue weighted by Crippen LogP contribution is -2.44. The van der Waals surface area contributed by atoms with E-state index in [4.69, 9.17) is 19.8 Å². The van der Waals surface area contributed by atoms with Gasteiger partial charge in [0.05, 0.1) is 23.9 Å². The monoisotopic (exact) mass is 466 g/mol. The minimum atomic E-state index is -1.82. The number of amides is 2. The number of carbonyl (C=O) groups is 4. The summed E-state index contributed by atoms with van der Waals surface area (Å²) in [6.45, 7) is 2.44. The lowest BCUT2D eigenvalue weighted by atomic mass is 9.96. The molecule has 0 radical (unpaired) electrons. The van der Waals surface area contributed by atoms with Gasteiger partial charge in [0.2, 0.25) is 5.91 Å². The summed E-state index contributed by atoms with van der Waals surface area (Å²) in [7, 11) is 0. The van der Waals surface area contributed by atoms with Crippen molar-refractivity contribution in [1.29, 1.82) is 0 Å². The number of rotatable bonds is 5. The maximum atomic E-state index is 12.4. The van der Waals surface area contributed by atoms with Crippen LogP contribution in [0.5, 0.6) is 0 Å². The number of carboxylic acid groups (broad SMARTS) is 2. The maximum absolute atomic E-state index is 12.4. The second kappa shape index (κ2) is 11.6. The molecule has 1 fully saturated rings. The van der Waals surface area contributed by atoms with E-state index in [1.54, 1.807) is 12.1 Å². The van der Waals surface area contributed by atoms with Crippen LogP contribution in [0.2, 0.25) is 0 Å². The fourth-order valence-electron chi connectivity index (χ4n) is 3.76. The lowest BCUT2D eigenvalue weighted by molar-refractivity contribution is -0.159. The maximum Gasteiger partial charge on any atom is 0.414 e. The molecule has 0 spiro atoms. The third kappa shape index (κ3) is 6.64. The number of nitrogens with one attached hydrogen (secondary N) is 1. The Morgan fingerprint density at radius 2 is 1.53 bits per heavy atom. The van der Waals surface area contributed by atoms with Crippen molar-refractivity contribution in [3.05, 3.63) is 66.5 Å². The number of aliphatic carboxylic acids is 2. The van der Waals surface area contributed by atoms with Gasteiger partial charge >= 0.3 is 11.9 Å². The van der Waals surface area contributed by atoms with Crippen molar-refractivity contribution in [2.24, 2.45) is 5.92 Å². The number of carboxylic acids is 2. The minimum absolute atomic E-state index is 0.0178. The van der Waals surface area contributed by atoms with E-state index in [1.807, 2.05) is 47.6 Å². The Morgan fingerprint density at radius 1 is 0.912 bits per heavy atom. The number of carbonyl (C=O) groups excluding carboxylic acids is 2. The topological polar surface area (TPSA) is 142 Å². The van der Waals surface area contributed by atoms with Gasteiger partial charge in [-0.05, 0) is 43.0 Å². The van der Waals surface area contributed by atoms with Gasteiger partial charge in [0.1, 0.15) is 0 Å². The van der Waals surface area contributed by atoms with Crippen molar-refractivity contribution < 1.29 is 29.4 Å². The highest BCUT2D eigenvalue weighted by atomic mass is 16.4. The predicted molar refractivity (Wildman–Crippen MR) is 123 cm³/mol. The first-order valence-electron chi connectivity index (χ1n) is 10.8. The summed E-state index contributed by atoms with van der Waals surface area (Å²) >= 11 is 0. The van der Waals surface area contributed by atoms with E-state index >= 15 is 0 Å². The van der Waals surface area contributed by atoms with E-state index < -0.39 is 11.9 Å². The summed E-state index contributed by atoms with van der Waals surface area (Å²) in [6.07, 6.45) is 3.83. The van der Waals surface area contributed by atoms with Crippen LogP contribution in [-0.4, -0.2) is 68.1 Å². The van der Waals surface area contributed by atoms with E-state index in [0.717, 1.165) is 43.5 Å². The van der Waals surface area contributed by atoms with E-state index in [1.165, 1.54) is 0 Å². The largest absolute Gasteiger partial charge is 0.473 e. The highest BCUT2D eigenvalue weighted by molar-refractivity contribution is 6.27. The van der Waals surface area contributed by atoms with Gasteiger partial charge in [0.25, 0.3) is 5.91 Å². The Balaban J connectivity index is 0.000000481. The van der Waals surface area contributed by atoms with Crippen molar-refractivity contribution in [1.82, 2.24) is 19.8 Å². The van der Waals surface area contributed by atoms with Crippen LogP contribution in [0, 0.1) is 5.92 Å². The zero-order valence-corrected chi connectivity index (χ0v) is 18.5. The number of fused-ring (bicyclic) bond motifs is 1. The number of para-hydroxylation sites is 2. The van der Waals surface area contributed by atoms with Gasteiger partial charge in [-0.25, -0.2) is 14.6 Å². The van der Waals surface area contributed by atoms with Gasteiger partial charge in [0.15, 0.2) is 0 Å². The molecule has 10 heteroatoms. The smallest absolute Gasteiger partial charge is 0.414 e. The highest BCUT2D eigenvalue weighted by Crippen LogP contribution is 2.21. The van der Waals surface area contributed by atoms with Crippen molar-refractivity contribution in [3.8, 4) is 0 Å². The van der Waals surface area contributed by atoms with Crippen LogP contribution in [0.1, 0.15) is 23.2 Å². The Kier molecular flexibility index (Phi) is 8.33. The molecule has 34 heavy (non-hydrogen) atoms. The first-order valence-corrected chi connectivity index (χ1v) is 10.8. The van der Waals surface area contributed by atoms with Gasteiger partial charge in [0, 0.05) is 25.2 Å². The van der Waals surface area contributed by atoms with Gasteiger partial charge in [-0.1, -0.05) is 30.3 Å². The number of imidazole rings is 1. The summed E-state index contributed by atoms with van der Waals surface area (Å²) in [4.78, 5) is 49.0. The van der Waals surface area contributed by atoms with Crippen LogP contribution >= 0.6 is 0 Å². The molecule has 3 aromatic rings. The summed E-state index contributed by atoms with van der Waals surface area (Å²) in [5, 5.41) is 17.5. The Labute approximate surface area is 195 Å². The number of hydrogen-bond donors (Lipinski definition) is 3. The molecule has 0 atom stereocenters. The van der Waals surface area contributed by atoms with Crippen LogP contribution in [-0.2, 0) is 20.9 Å². The molecule has 1 aromatic heterocycles. The van der Waals surface area contributed by atoms with Crippen molar-refractivity contribution >= 4 is 34.8 Å². The van der Waals surface area contributed by atoms with Crippen molar-refractivity contribution in [2.75, 3.05) is 19.6 Å². The van der Waals surface area contributed by atoms with E-state index in [0.29, 0.717) is 11.5 Å². The average Bonchev–Trinajstić information content (AvgIpc) is 3.26. The Morgan fingerprint density at radius 3 is 2.18 bits per heavy atom. The second-order valence-corrected chi connectivity index (χ2v) is 7.87. The Bertz CT molecular complexity index is 1140. The zero-order chi connectivity index (χ0) is 24.5. The molecule has 0 unspecified atom stereocenters. The molecule has 10 nitrogen and oxygen atoms in total. The molecule has 0 aliphatic carbocycles. The fourth-order valence-corrected chi connectivity index (χ4v) is 3.76. The number of benzene rings is 2. The summed E-state index contributed by atoms with van der Waals surface area (Å²) in [5.41, 5.74) is 2.75. The molecule has 1 aliphatic rings. The summed E-state index contributed by atoms with van der Waals surface area (Å²) < 4.78 is 2.21. The van der Waals surface area contributed by atoms with Gasteiger partial charge in [-0.2, -0.15) is 0 Å². The molecular formula is C24H26N4O6. The number of aromatic nitrogens is 2. The third-order valence-electron chi connectivity index (χ3n) is 5.57. The van der Waals surface area contributed by atoms with Gasteiger partial charge < -0.3 is 25.0 Å². The summed E-state index contributed by atoms with van der Waals surface area (Å²) in [5.74, 6) is -3.35. The number of hydrogen-bond acceptors (Lipinski definition) is 5. The Hall–Kier alpha value is -4.21. The molecule has 0 bridgehead atoms. The molecule has 178 valence electrons. The van der Waals surface area contributed by atoms with E-state index in [2.05, 4.69) is 20.9 Å². The number of likely N-dealkylation sites (tertiary alicyclic amines) is 1. The molecule has 2 aromatic carbocycles. The average molecular weight is 466 g/mol. The van der Waals surface area contributed by atoms with E-state index in [9.17, 15) is 9.59 Å².